The number of aryl methyl sites for hydroxylation is 1. The van der Waals surface area contributed by atoms with Gasteiger partial charge in [-0.25, -0.2) is 4.68 Å². The molecule has 3 aromatic carbocycles. The minimum atomic E-state index is -0.102. The molecule has 0 saturated carbocycles. The second kappa shape index (κ2) is 11.9. The largest absolute Gasteiger partial charge is 0.497 e. The Balaban J connectivity index is 1.45. The van der Waals surface area contributed by atoms with Crippen molar-refractivity contribution in [2.24, 2.45) is 0 Å². The number of tetrazole rings is 1. The third-order valence-corrected chi connectivity index (χ3v) is 6.84. The fourth-order valence-corrected chi connectivity index (χ4v) is 4.68. The quantitative estimate of drug-likeness (QED) is 0.274. The van der Waals surface area contributed by atoms with E-state index in [-0.39, 0.29) is 5.56 Å². The number of pyridine rings is 1. The van der Waals surface area contributed by atoms with Crippen LogP contribution in [0.4, 0.5) is 0 Å². The van der Waals surface area contributed by atoms with Gasteiger partial charge in [-0.2, -0.15) is 0 Å². The molecule has 0 amide bonds. The van der Waals surface area contributed by atoms with Crippen LogP contribution in [0.1, 0.15) is 35.0 Å². The zero-order chi connectivity index (χ0) is 27.2. The van der Waals surface area contributed by atoms with Crippen LogP contribution in [0.15, 0.2) is 77.6 Å². The topological polar surface area (TPSA) is 98.2 Å². The number of hydrogen-bond acceptors (Lipinski definition) is 7. The van der Waals surface area contributed by atoms with E-state index in [0.29, 0.717) is 37.6 Å². The first-order valence-electron chi connectivity index (χ1n) is 12.9. The fourth-order valence-electron chi connectivity index (χ4n) is 4.68. The number of rotatable bonds is 11. The van der Waals surface area contributed by atoms with Crippen LogP contribution in [0.2, 0.25) is 0 Å². The summed E-state index contributed by atoms with van der Waals surface area (Å²) < 4.78 is 12.7. The summed E-state index contributed by atoms with van der Waals surface area (Å²) in [4.78, 5) is 18.3. The van der Waals surface area contributed by atoms with Crippen molar-refractivity contribution in [1.29, 1.82) is 0 Å². The highest BCUT2D eigenvalue weighted by molar-refractivity contribution is 5.79. The van der Waals surface area contributed by atoms with E-state index in [9.17, 15) is 4.79 Å². The van der Waals surface area contributed by atoms with Crippen LogP contribution in [0.3, 0.4) is 0 Å². The van der Waals surface area contributed by atoms with Crippen LogP contribution in [0.5, 0.6) is 11.5 Å². The number of para-hydroxylation sites is 1. The van der Waals surface area contributed by atoms with Gasteiger partial charge in [0.1, 0.15) is 11.5 Å². The number of fused-ring (bicyclic) bond motifs is 1. The molecular weight excluding hydrogens is 492 g/mol. The summed E-state index contributed by atoms with van der Waals surface area (Å²) >= 11 is 0. The number of benzene rings is 3. The van der Waals surface area contributed by atoms with E-state index < -0.39 is 0 Å². The van der Waals surface area contributed by atoms with Crippen molar-refractivity contribution in [3.63, 3.8) is 0 Å². The van der Waals surface area contributed by atoms with Crippen LogP contribution in [-0.2, 0) is 32.6 Å². The maximum atomic E-state index is 13.1. The Kier molecular flexibility index (Phi) is 7.98. The number of hydrogen-bond donors (Lipinski definition) is 1. The highest BCUT2D eigenvalue weighted by Crippen LogP contribution is 2.22. The Hall–Kier alpha value is -4.50. The molecule has 2 heterocycles. The van der Waals surface area contributed by atoms with Gasteiger partial charge in [-0.15, -0.1) is 5.10 Å². The molecule has 1 N–H and O–H groups in total. The Morgan fingerprint density at radius 3 is 2.41 bits per heavy atom. The molecule has 0 spiro atoms. The molecule has 0 fully saturated rings. The smallest absolute Gasteiger partial charge is 0.252 e. The third-order valence-electron chi connectivity index (χ3n) is 6.84. The van der Waals surface area contributed by atoms with Gasteiger partial charge in [0, 0.05) is 29.7 Å². The van der Waals surface area contributed by atoms with E-state index in [1.54, 1.807) is 18.9 Å². The molecule has 0 aliphatic heterocycles. The van der Waals surface area contributed by atoms with Crippen molar-refractivity contribution in [2.75, 3.05) is 14.2 Å². The minimum absolute atomic E-state index is 0.102. The molecule has 0 aliphatic carbocycles. The van der Waals surface area contributed by atoms with Gasteiger partial charge in [0.2, 0.25) is 0 Å². The van der Waals surface area contributed by atoms with Crippen LogP contribution < -0.4 is 15.0 Å². The first-order chi connectivity index (χ1) is 19.1. The van der Waals surface area contributed by atoms with Crippen LogP contribution in [0.25, 0.3) is 10.9 Å². The van der Waals surface area contributed by atoms with Crippen LogP contribution >= 0.6 is 0 Å². The number of methoxy groups -OCH3 is 2. The fraction of sp³-hybridized carbons (Fsp3) is 0.267. The van der Waals surface area contributed by atoms with Crippen molar-refractivity contribution in [2.45, 2.75) is 39.5 Å². The highest BCUT2D eigenvalue weighted by atomic mass is 16.5. The lowest BCUT2D eigenvalue weighted by atomic mass is 10.1. The van der Waals surface area contributed by atoms with Crippen molar-refractivity contribution in [3.05, 3.63) is 111 Å². The number of nitrogens with zero attached hydrogens (tertiary/aromatic N) is 5. The molecule has 0 atom stereocenters. The maximum Gasteiger partial charge on any atom is 0.252 e. The van der Waals surface area contributed by atoms with Gasteiger partial charge in [0.25, 0.3) is 5.56 Å². The van der Waals surface area contributed by atoms with Crippen molar-refractivity contribution >= 4 is 10.9 Å². The van der Waals surface area contributed by atoms with E-state index in [2.05, 4.69) is 44.5 Å². The monoisotopic (exact) mass is 524 g/mol. The minimum Gasteiger partial charge on any atom is -0.497 e. The molecule has 2 aromatic heterocycles. The number of H-pyrrole nitrogens is 1. The lowest BCUT2D eigenvalue weighted by Gasteiger charge is -2.23. The van der Waals surface area contributed by atoms with Gasteiger partial charge in [-0.05, 0) is 69.8 Å². The molecule has 0 radical (unpaired) electrons. The van der Waals surface area contributed by atoms with E-state index in [1.807, 2.05) is 60.7 Å². The van der Waals surface area contributed by atoms with E-state index in [1.165, 1.54) is 5.56 Å². The second-order valence-electron chi connectivity index (χ2n) is 9.46. The van der Waals surface area contributed by atoms with E-state index in [4.69, 9.17) is 9.47 Å². The van der Waals surface area contributed by atoms with Gasteiger partial charge in [0.15, 0.2) is 5.82 Å². The van der Waals surface area contributed by atoms with Gasteiger partial charge < -0.3 is 14.5 Å². The van der Waals surface area contributed by atoms with Gasteiger partial charge in [0.05, 0.1) is 27.3 Å². The second-order valence-corrected chi connectivity index (χ2v) is 9.46. The molecule has 0 unspecified atom stereocenters. The standard InChI is InChI=1S/C30H32N6O3/c1-4-21-11-14-27-24(15-21)16-25(30(37)31-27)19-35(18-23-7-5-6-8-28(23)39-3)20-29-32-33-34-36(29)17-22-9-12-26(38-2)13-10-22/h5-16H,4,17-20H2,1-3H3,(H,31,37). The molecular formula is C30H32N6O3. The van der Waals surface area contributed by atoms with Crippen molar-refractivity contribution in [3.8, 4) is 11.5 Å². The summed E-state index contributed by atoms with van der Waals surface area (Å²) in [6, 6.07) is 23.9. The van der Waals surface area contributed by atoms with Gasteiger partial charge >= 0.3 is 0 Å². The van der Waals surface area contributed by atoms with E-state index in [0.717, 1.165) is 39.9 Å². The summed E-state index contributed by atoms with van der Waals surface area (Å²) in [6.07, 6.45) is 0.932. The SMILES string of the molecule is CCc1ccc2[nH]c(=O)c(CN(Cc3ccccc3OC)Cc3nnnn3Cc3ccc(OC)cc3)cc2c1. The Morgan fingerprint density at radius 1 is 0.872 bits per heavy atom. The zero-order valence-corrected chi connectivity index (χ0v) is 22.4. The Labute approximate surface area is 227 Å². The molecule has 9 heteroatoms. The molecule has 0 aliphatic rings. The normalized spacial score (nSPS) is 11.3. The first kappa shape index (κ1) is 26.1. The van der Waals surface area contributed by atoms with Gasteiger partial charge in [-0.3, -0.25) is 9.69 Å². The number of aromatic amines is 1. The first-order valence-corrected chi connectivity index (χ1v) is 12.9. The van der Waals surface area contributed by atoms with Crippen molar-refractivity contribution in [1.82, 2.24) is 30.1 Å². The number of aromatic nitrogens is 5. The van der Waals surface area contributed by atoms with Crippen LogP contribution in [0, 0.1) is 0 Å². The predicted molar refractivity (Wildman–Crippen MR) is 150 cm³/mol. The summed E-state index contributed by atoms with van der Waals surface area (Å²) in [6.45, 7) is 4.04. The van der Waals surface area contributed by atoms with Crippen molar-refractivity contribution < 1.29 is 9.47 Å². The predicted octanol–water partition coefficient (Wildman–Crippen LogP) is 4.34. The number of nitrogens with one attached hydrogen (secondary N) is 1. The van der Waals surface area contributed by atoms with E-state index >= 15 is 0 Å². The molecule has 9 nitrogen and oxygen atoms in total. The summed E-state index contributed by atoms with van der Waals surface area (Å²) in [7, 11) is 3.31. The molecule has 5 aromatic rings. The molecule has 0 saturated heterocycles. The molecule has 39 heavy (non-hydrogen) atoms. The molecule has 200 valence electrons. The summed E-state index contributed by atoms with van der Waals surface area (Å²) in [5.41, 5.74) is 4.71. The lowest BCUT2D eigenvalue weighted by Crippen LogP contribution is -2.28. The molecule has 0 bridgehead atoms. The maximum absolute atomic E-state index is 13.1. The zero-order valence-electron chi connectivity index (χ0n) is 22.4. The average Bonchev–Trinajstić information content (AvgIpc) is 3.39. The Morgan fingerprint density at radius 2 is 1.64 bits per heavy atom. The van der Waals surface area contributed by atoms with Crippen LogP contribution in [-0.4, -0.2) is 44.3 Å². The summed E-state index contributed by atoms with van der Waals surface area (Å²) in [5, 5.41) is 13.5. The summed E-state index contributed by atoms with van der Waals surface area (Å²) in [5.74, 6) is 2.29. The molecule has 5 rings (SSSR count). The highest BCUT2D eigenvalue weighted by Gasteiger charge is 2.17. The average molecular weight is 525 g/mol. The lowest BCUT2D eigenvalue weighted by molar-refractivity contribution is 0.232. The van der Waals surface area contributed by atoms with Gasteiger partial charge in [-0.1, -0.05) is 43.3 Å². The third kappa shape index (κ3) is 6.15. The number of ether oxygens (including phenoxy) is 2. The Bertz CT molecular complexity index is 1610.